The molecule has 1 aliphatic rings. The van der Waals surface area contributed by atoms with E-state index in [0.29, 0.717) is 11.1 Å². The van der Waals surface area contributed by atoms with Crippen molar-refractivity contribution < 1.29 is 8.78 Å². The van der Waals surface area contributed by atoms with E-state index in [-0.39, 0.29) is 5.41 Å². The number of halogens is 2. The molecule has 1 N–H and O–H groups in total. The molecular formula is C15H21F2N. The average Bonchev–Trinajstić information content (AvgIpc) is 2.75. The summed E-state index contributed by atoms with van der Waals surface area (Å²) in [4.78, 5) is 0. The third-order valence-corrected chi connectivity index (χ3v) is 4.17. The van der Waals surface area contributed by atoms with E-state index < -0.39 is 17.2 Å². The first kappa shape index (κ1) is 13.5. The van der Waals surface area contributed by atoms with E-state index in [1.165, 1.54) is 0 Å². The van der Waals surface area contributed by atoms with Crippen LogP contribution in [0.2, 0.25) is 0 Å². The molecule has 0 spiro atoms. The van der Waals surface area contributed by atoms with Crippen molar-refractivity contribution in [1.82, 2.24) is 5.32 Å². The molecule has 0 bridgehead atoms. The van der Waals surface area contributed by atoms with Gasteiger partial charge in [-0.3, -0.25) is 0 Å². The van der Waals surface area contributed by atoms with Crippen molar-refractivity contribution in [3.05, 3.63) is 34.9 Å². The molecule has 0 radical (unpaired) electrons. The van der Waals surface area contributed by atoms with E-state index in [9.17, 15) is 8.78 Å². The Balaban J connectivity index is 2.61. The summed E-state index contributed by atoms with van der Waals surface area (Å²) in [5, 5.41) is 3.41. The van der Waals surface area contributed by atoms with Crippen molar-refractivity contribution >= 4 is 0 Å². The van der Waals surface area contributed by atoms with Crippen molar-refractivity contribution in [1.29, 1.82) is 0 Å². The summed E-state index contributed by atoms with van der Waals surface area (Å²) in [5.74, 6) is -1.41. The summed E-state index contributed by atoms with van der Waals surface area (Å²) in [6.45, 7) is 8.66. The van der Waals surface area contributed by atoms with Gasteiger partial charge in [-0.1, -0.05) is 32.9 Å². The average molecular weight is 253 g/mol. The van der Waals surface area contributed by atoms with E-state index in [1.54, 1.807) is 19.1 Å². The van der Waals surface area contributed by atoms with Gasteiger partial charge in [-0.15, -0.1) is 0 Å². The van der Waals surface area contributed by atoms with Crippen LogP contribution in [0.25, 0.3) is 0 Å². The molecule has 0 saturated carbocycles. The Morgan fingerprint density at radius 2 is 1.83 bits per heavy atom. The largest absolute Gasteiger partial charge is 0.307 e. The summed E-state index contributed by atoms with van der Waals surface area (Å²) in [6.07, 6.45) is 1.84. The molecule has 1 nitrogen and oxygen atoms in total. The van der Waals surface area contributed by atoms with Crippen LogP contribution in [0.3, 0.4) is 0 Å². The van der Waals surface area contributed by atoms with E-state index in [2.05, 4.69) is 26.1 Å². The van der Waals surface area contributed by atoms with Crippen LogP contribution in [0.4, 0.5) is 8.78 Å². The molecule has 18 heavy (non-hydrogen) atoms. The lowest BCUT2D eigenvalue weighted by atomic mass is 9.68. The van der Waals surface area contributed by atoms with Crippen LogP contribution in [0.1, 0.15) is 44.7 Å². The summed E-state index contributed by atoms with van der Waals surface area (Å²) in [6, 6.07) is 3.40. The lowest BCUT2D eigenvalue weighted by Crippen LogP contribution is -2.48. The second kappa shape index (κ2) is 4.30. The molecule has 0 amide bonds. The number of hydrogen-bond acceptors (Lipinski definition) is 1. The van der Waals surface area contributed by atoms with Gasteiger partial charge in [0.2, 0.25) is 0 Å². The molecular weight excluding hydrogens is 232 g/mol. The van der Waals surface area contributed by atoms with E-state index >= 15 is 0 Å². The van der Waals surface area contributed by atoms with Gasteiger partial charge in [0.25, 0.3) is 0 Å². The van der Waals surface area contributed by atoms with Crippen LogP contribution >= 0.6 is 0 Å². The predicted octanol–water partition coefficient (Wildman–Crippen LogP) is 3.90. The zero-order chi connectivity index (χ0) is 13.6. The van der Waals surface area contributed by atoms with Crippen molar-refractivity contribution in [2.24, 2.45) is 5.41 Å². The summed E-state index contributed by atoms with van der Waals surface area (Å²) in [7, 11) is 0. The van der Waals surface area contributed by atoms with Gasteiger partial charge in [-0.05, 0) is 37.3 Å². The normalized spacial score (nSPS) is 24.6. The second-order valence-corrected chi connectivity index (χ2v) is 6.24. The second-order valence-electron chi connectivity index (χ2n) is 6.24. The Hall–Kier alpha value is -0.960. The smallest absolute Gasteiger partial charge is 0.164 e. The van der Waals surface area contributed by atoms with E-state index in [0.717, 1.165) is 19.4 Å². The molecule has 1 aliphatic heterocycles. The van der Waals surface area contributed by atoms with Crippen LogP contribution in [-0.4, -0.2) is 6.54 Å². The molecule has 1 aromatic carbocycles. The van der Waals surface area contributed by atoms with Crippen molar-refractivity contribution in [2.45, 2.75) is 46.1 Å². The molecule has 1 unspecified atom stereocenters. The molecule has 1 fully saturated rings. The molecule has 1 heterocycles. The zero-order valence-corrected chi connectivity index (χ0v) is 11.5. The van der Waals surface area contributed by atoms with Gasteiger partial charge >= 0.3 is 0 Å². The van der Waals surface area contributed by atoms with Crippen molar-refractivity contribution in [2.75, 3.05) is 6.54 Å². The van der Waals surface area contributed by atoms with E-state index in [4.69, 9.17) is 0 Å². The fourth-order valence-electron chi connectivity index (χ4n) is 2.99. The fraction of sp³-hybridized carbons (Fsp3) is 0.600. The number of aryl methyl sites for hydroxylation is 1. The number of rotatable bonds is 1. The zero-order valence-electron chi connectivity index (χ0n) is 11.5. The highest BCUT2D eigenvalue weighted by molar-refractivity contribution is 5.34. The van der Waals surface area contributed by atoms with Gasteiger partial charge in [-0.2, -0.15) is 0 Å². The molecule has 3 heteroatoms. The molecule has 1 atom stereocenters. The Kier molecular flexibility index (Phi) is 3.22. The van der Waals surface area contributed by atoms with Gasteiger partial charge in [-0.25, -0.2) is 8.78 Å². The first-order valence-corrected chi connectivity index (χ1v) is 6.50. The van der Waals surface area contributed by atoms with Gasteiger partial charge in [0.15, 0.2) is 11.6 Å². The third kappa shape index (κ3) is 1.85. The first-order valence-electron chi connectivity index (χ1n) is 6.50. The Morgan fingerprint density at radius 3 is 2.33 bits per heavy atom. The highest BCUT2D eigenvalue weighted by atomic mass is 19.2. The van der Waals surface area contributed by atoms with Crippen LogP contribution in [0.5, 0.6) is 0 Å². The van der Waals surface area contributed by atoms with Crippen LogP contribution in [0.15, 0.2) is 12.1 Å². The first-order chi connectivity index (χ1) is 8.29. The predicted molar refractivity (Wildman–Crippen MR) is 69.5 cm³/mol. The standard InChI is InChI=1S/C15H21F2N/c1-10-6-7-11(13(17)12(10)16)15(14(2,3)4)8-5-9-18-15/h6-7,18H,5,8-9H2,1-4H3. The maximum absolute atomic E-state index is 14.3. The van der Waals surface area contributed by atoms with Crippen LogP contribution in [-0.2, 0) is 5.54 Å². The molecule has 1 aromatic rings. The minimum atomic E-state index is -0.718. The van der Waals surface area contributed by atoms with Crippen LogP contribution < -0.4 is 5.32 Å². The summed E-state index contributed by atoms with van der Waals surface area (Å²) in [5.41, 5.74) is 0.200. The molecule has 1 saturated heterocycles. The lowest BCUT2D eigenvalue weighted by Gasteiger charge is -2.43. The topological polar surface area (TPSA) is 12.0 Å². The Labute approximate surface area is 108 Å². The minimum Gasteiger partial charge on any atom is -0.307 e. The summed E-state index contributed by atoms with van der Waals surface area (Å²) < 4.78 is 28.1. The molecule has 0 aliphatic carbocycles. The van der Waals surface area contributed by atoms with Gasteiger partial charge < -0.3 is 5.32 Å². The molecule has 100 valence electrons. The quantitative estimate of drug-likeness (QED) is 0.800. The number of benzene rings is 1. The minimum absolute atomic E-state index is 0.161. The maximum atomic E-state index is 14.3. The SMILES string of the molecule is Cc1ccc(C2(C(C)(C)C)CCCN2)c(F)c1F. The maximum Gasteiger partial charge on any atom is 0.164 e. The Bertz CT molecular complexity index is 454. The van der Waals surface area contributed by atoms with Crippen molar-refractivity contribution in [3.8, 4) is 0 Å². The number of nitrogens with one attached hydrogen (secondary N) is 1. The fourth-order valence-corrected chi connectivity index (χ4v) is 2.99. The van der Waals surface area contributed by atoms with Crippen molar-refractivity contribution in [3.63, 3.8) is 0 Å². The third-order valence-electron chi connectivity index (χ3n) is 4.17. The van der Waals surface area contributed by atoms with Gasteiger partial charge in [0.05, 0.1) is 5.54 Å². The van der Waals surface area contributed by atoms with Gasteiger partial charge in [0, 0.05) is 5.56 Å². The number of hydrogen-bond donors (Lipinski definition) is 1. The monoisotopic (exact) mass is 253 g/mol. The highest BCUT2D eigenvalue weighted by Gasteiger charge is 2.47. The van der Waals surface area contributed by atoms with E-state index in [1.807, 2.05) is 0 Å². The van der Waals surface area contributed by atoms with Gasteiger partial charge in [0.1, 0.15) is 0 Å². The molecule has 0 aromatic heterocycles. The lowest BCUT2D eigenvalue weighted by molar-refractivity contribution is 0.154. The van der Waals surface area contributed by atoms with Crippen LogP contribution in [0, 0.1) is 24.0 Å². The highest BCUT2D eigenvalue weighted by Crippen LogP contribution is 2.46. The summed E-state index contributed by atoms with van der Waals surface area (Å²) >= 11 is 0. The molecule has 2 rings (SSSR count). The Morgan fingerprint density at radius 1 is 1.17 bits per heavy atom.